The van der Waals surface area contributed by atoms with Gasteiger partial charge in [0.15, 0.2) is 0 Å². The van der Waals surface area contributed by atoms with Crippen LogP contribution in [-0.4, -0.2) is 13.1 Å². The minimum absolute atomic E-state index is 0.0911. The van der Waals surface area contributed by atoms with E-state index >= 15 is 0 Å². The number of aliphatic carboxylic acids is 1. The zero-order valence-electron chi connectivity index (χ0n) is 11.0. The zero-order valence-corrected chi connectivity index (χ0v) is 11.0. The van der Waals surface area contributed by atoms with Crippen molar-refractivity contribution in [3.8, 4) is 5.75 Å². The number of carbonyl (C=O) groups excluding carboxylic acids is 1. The van der Waals surface area contributed by atoms with E-state index in [1.54, 1.807) is 37.4 Å². The van der Waals surface area contributed by atoms with E-state index in [-0.39, 0.29) is 5.57 Å². The summed E-state index contributed by atoms with van der Waals surface area (Å²) in [4.78, 5) is 11.2. The molecule has 0 aliphatic heterocycles. The van der Waals surface area contributed by atoms with Gasteiger partial charge in [-0.15, -0.1) is 0 Å². The molecule has 1 N–H and O–H groups in total. The molecule has 0 aliphatic rings. The van der Waals surface area contributed by atoms with Crippen molar-refractivity contribution in [1.82, 2.24) is 0 Å². The lowest BCUT2D eigenvalue weighted by Crippen LogP contribution is -2.24. The highest BCUT2D eigenvalue weighted by atomic mass is 16.5. The number of methoxy groups -OCH3 is 1. The molecule has 2 aromatic carbocycles. The molecule has 0 atom stereocenters. The number of carbonyl (C=O) groups is 1. The van der Waals surface area contributed by atoms with Crippen molar-refractivity contribution in [3.05, 3.63) is 66.4 Å². The fourth-order valence-electron chi connectivity index (χ4n) is 1.75. The van der Waals surface area contributed by atoms with Crippen molar-refractivity contribution in [2.24, 2.45) is 0 Å². The molecule has 102 valence electrons. The van der Waals surface area contributed by atoms with Gasteiger partial charge in [-0.3, -0.25) is 0 Å². The molecule has 2 aromatic rings. The van der Waals surface area contributed by atoms with Gasteiger partial charge in [0.1, 0.15) is 5.75 Å². The largest absolute Gasteiger partial charge is 0.545 e. The Morgan fingerprint density at radius 1 is 1.15 bits per heavy atom. The second-order valence-electron chi connectivity index (χ2n) is 4.09. The summed E-state index contributed by atoms with van der Waals surface area (Å²) in [5.74, 6) is -0.537. The number of anilines is 1. The summed E-state index contributed by atoms with van der Waals surface area (Å²) in [5, 5.41) is 14.1. The van der Waals surface area contributed by atoms with Gasteiger partial charge in [0.2, 0.25) is 0 Å². The lowest BCUT2D eigenvalue weighted by atomic mass is 10.1. The molecule has 0 spiro atoms. The second-order valence-corrected chi connectivity index (χ2v) is 4.09. The average molecular weight is 268 g/mol. The number of carboxylic acid groups (broad SMARTS) is 1. The van der Waals surface area contributed by atoms with Crippen molar-refractivity contribution in [2.75, 3.05) is 12.4 Å². The first-order chi connectivity index (χ1) is 9.70. The first-order valence-electron chi connectivity index (χ1n) is 6.08. The molecular weight excluding hydrogens is 254 g/mol. The standard InChI is InChI=1S/C16H15NO3/c1-20-14-9-5-8-13(10-14)17-11-15(16(18)19)12-6-3-2-4-7-12/h2-11,17H,1H3,(H,18,19)/p-1/b15-11-. The Morgan fingerprint density at radius 2 is 1.90 bits per heavy atom. The molecule has 0 fully saturated rings. The summed E-state index contributed by atoms with van der Waals surface area (Å²) in [7, 11) is 1.57. The van der Waals surface area contributed by atoms with Crippen LogP contribution in [0.3, 0.4) is 0 Å². The van der Waals surface area contributed by atoms with Crippen LogP contribution >= 0.6 is 0 Å². The summed E-state index contributed by atoms with van der Waals surface area (Å²) in [6, 6.07) is 16.0. The van der Waals surface area contributed by atoms with Gasteiger partial charge < -0.3 is 20.0 Å². The molecular formula is C16H14NO3-. The zero-order chi connectivity index (χ0) is 14.4. The molecule has 2 rings (SSSR count). The second kappa shape index (κ2) is 6.43. The Morgan fingerprint density at radius 3 is 2.55 bits per heavy atom. The van der Waals surface area contributed by atoms with Gasteiger partial charge in [-0.05, 0) is 17.7 Å². The van der Waals surface area contributed by atoms with Crippen LogP contribution in [0.25, 0.3) is 5.57 Å². The van der Waals surface area contributed by atoms with E-state index in [4.69, 9.17) is 4.74 Å². The van der Waals surface area contributed by atoms with E-state index in [1.165, 1.54) is 6.20 Å². The van der Waals surface area contributed by atoms with Crippen molar-refractivity contribution < 1.29 is 14.6 Å². The number of hydrogen-bond acceptors (Lipinski definition) is 4. The lowest BCUT2D eigenvalue weighted by Gasteiger charge is -2.10. The first-order valence-corrected chi connectivity index (χ1v) is 6.08. The summed E-state index contributed by atoms with van der Waals surface area (Å²) in [6.07, 6.45) is 1.42. The molecule has 0 saturated heterocycles. The van der Waals surface area contributed by atoms with E-state index in [0.29, 0.717) is 11.3 Å². The van der Waals surface area contributed by atoms with E-state index in [2.05, 4.69) is 5.32 Å². The van der Waals surface area contributed by atoms with Gasteiger partial charge in [0.05, 0.1) is 13.1 Å². The van der Waals surface area contributed by atoms with Crippen LogP contribution in [0.5, 0.6) is 5.75 Å². The third kappa shape index (κ3) is 3.38. The van der Waals surface area contributed by atoms with Gasteiger partial charge in [-0.2, -0.15) is 0 Å². The summed E-state index contributed by atoms with van der Waals surface area (Å²) in [5.41, 5.74) is 1.41. The molecule has 0 heterocycles. The number of benzene rings is 2. The van der Waals surface area contributed by atoms with Crippen molar-refractivity contribution in [3.63, 3.8) is 0 Å². The van der Waals surface area contributed by atoms with Crippen LogP contribution in [0.2, 0.25) is 0 Å². The third-order valence-corrected chi connectivity index (χ3v) is 2.76. The summed E-state index contributed by atoms with van der Waals surface area (Å²) < 4.78 is 5.10. The Bertz CT molecular complexity index is 621. The molecule has 0 aliphatic carbocycles. The highest BCUT2D eigenvalue weighted by Gasteiger charge is 2.02. The molecule has 4 nitrogen and oxygen atoms in total. The lowest BCUT2D eigenvalue weighted by molar-refractivity contribution is -0.295. The maximum absolute atomic E-state index is 11.2. The highest BCUT2D eigenvalue weighted by molar-refractivity contribution is 6.14. The first kappa shape index (κ1) is 13.7. The molecule has 4 heteroatoms. The Balaban J connectivity index is 2.24. The van der Waals surface area contributed by atoms with Crippen LogP contribution < -0.4 is 15.2 Å². The van der Waals surface area contributed by atoms with E-state index in [1.807, 2.05) is 24.3 Å². The number of hydrogen-bond donors (Lipinski definition) is 1. The maximum atomic E-state index is 11.2. The molecule has 0 unspecified atom stereocenters. The van der Waals surface area contributed by atoms with Gasteiger partial charge >= 0.3 is 0 Å². The predicted molar refractivity (Wildman–Crippen MR) is 76.0 cm³/mol. The smallest absolute Gasteiger partial charge is 0.120 e. The highest BCUT2D eigenvalue weighted by Crippen LogP contribution is 2.18. The average Bonchev–Trinajstić information content (AvgIpc) is 2.48. The molecule has 20 heavy (non-hydrogen) atoms. The SMILES string of the molecule is COc1cccc(N/C=C(\C(=O)[O-])c2ccccc2)c1. The fourth-order valence-corrected chi connectivity index (χ4v) is 1.75. The topological polar surface area (TPSA) is 61.4 Å². The third-order valence-electron chi connectivity index (χ3n) is 2.76. The minimum Gasteiger partial charge on any atom is -0.545 e. The number of ether oxygens (including phenoxy) is 1. The normalized spacial score (nSPS) is 10.9. The van der Waals surface area contributed by atoms with Crippen LogP contribution in [0.15, 0.2) is 60.8 Å². The Labute approximate surface area is 117 Å². The van der Waals surface area contributed by atoms with Gasteiger partial charge in [-0.25, -0.2) is 0 Å². The number of rotatable bonds is 5. The summed E-state index contributed by atoms with van der Waals surface area (Å²) in [6.45, 7) is 0. The van der Waals surface area contributed by atoms with Crippen molar-refractivity contribution >= 4 is 17.2 Å². The van der Waals surface area contributed by atoms with Crippen molar-refractivity contribution in [2.45, 2.75) is 0 Å². The van der Waals surface area contributed by atoms with Crippen LogP contribution in [0, 0.1) is 0 Å². The summed E-state index contributed by atoms with van der Waals surface area (Å²) >= 11 is 0. The van der Waals surface area contributed by atoms with E-state index in [0.717, 1.165) is 5.69 Å². The monoisotopic (exact) mass is 268 g/mol. The molecule has 0 saturated carbocycles. The molecule has 0 radical (unpaired) electrons. The fraction of sp³-hybridized carbons (Fsp3) is 0.0625. The quantitative estimate of drug-likeness (QED) is 0.841. The Kier molecular flexibility index (Phi) is 4.39. The van der Waals surface area contributed by atoms with E-state index in [9.17, 15) is 9.90 Å². The molecule has 0 aromatic heterocycles. The van der Waals surface area contributed by atoms with E-state index < -0.39 is 5.97 Å². The minimum atomic E-state index is -1.23. The maximum Gasteiger partial charge on any atom is 0.120 e. The Hall–Kier alpha value is -2.75. The van der Waals surface area contributed by atoms with Gasteiger partial charge in [-0.1, -0.05) is 36.4 Å². The number of nitrogens with one attached hydrogen (secondary N) is 1. The van der Waals surface area contributed by atoms with Gasteiger partial charge in [0.25, 0.3) is 0 Å². The van der Waals surface area contributed by atoms with Crippen LogP contribution in [0.4, 0.5) is 5.69 Å². The van der Waals surface area contributed by atoms with Gasteiger partial charge in [0, 0.05) is 23.5 Å². The van der Waals surface area contributed by atoms with Crippen molar-refractivity contribution in [1.29, 1.82) is 0 Å². The predicted octanol–water partition coefficient (Wildman–Crippen LogP) is 1.90. The molecule has 0 bridgehead atoms. The van der Waals surface area contributed by atoms with Crippen LogP contribution in [0.1, 0.15) is 5.56 Å². The molecule has 0 amide bonds. The van der Waals surface area contributed by atoms with Crippen LogP contribution in [-0.2, 0) is 4.79 Å². The number of carboxylic acids is 1.